The second kappa shape index (κ2) is 3.35. The zero-order chi connectivity index (χ0) is 9.26. The molecule has 1 aromatic carbocycles. The Morgan fingerprint density at radius 1 is 1.23 bits per heavy atom. The lowest BCUT2D eigenvalue weighted by atomic mass is 10.2. The first-order valence-electron chi connectivity index (χ1n) is 4.39. The highest BCUT2D eigenvalue weighted by molar-refractivity contribution is 7.19. The maximum atomic E-state index is 2.24. The summed E-state index contributed by atoms with van der Waals surface area (Å²) in [5.74, 6) is 0. The first-order valence-corrected chi connectivity index (χ1v) is 5.21. The standard InChI is InChI=1S/C12H12S/c1-9(2)7-11-8-10-5-3-4-6-12(10)13-11/h3-8H,1-2H3. The van der Waals surface area contributed by atoms with Gasteiger partial charge in [0.05, 0.1) is 0 Å². The Kier molecular flexibility index (Phi) is 2.19. The lowest BCUT2D eigenvalue weighted by Gasteiger charge is -1.84. The fourth-order valence-corrected chi connectivity index (χ4v) is 2.48. The highest BCUT2D eigenvalue weighted by Gasteiger charge is 1.97. The van der Waals surface area contributed by atoms with E-state index < -0.39 is 0 Å². The van der Waals surface area contributed by atoms with Crippen LogP contribution in [0.1, 0.15) is 18.7 Å². The largest absolute Gasteiger partial charge is 0.136 e. The molecule has 0 unspecified atom stereocenters. The maximum absolute atomic E-state index is 2.24. The fourth-order valence-electron chi connectivity index (χ4n) is 1.36. The molecule has 0 aliphatic rings. The molecule has 0 aliphatic heterocycles. The number of thiophene rings is 1. The fraction of sp³-hybridized carbons (Fsp3) is 0.167. The van der Waals surface area contributed by atoms with E-state index in [1.807, 2.05) is 11.3 Å². The van der Waals surface area contributed by atoms with Gasteiger partial charge in [0.2, 0.25) is 0 Å². The SMILES string of the molecule is CC(C)=Cc1cc2ccccc2s1. The number of hydrogen-bond donors (Lipinski definition) is 0. The number of allylic oxidation sites excluding steroid dienone is 1. The summed E-state index contributed by atoms with van der Waals surface area (Å²) in [6.45, 7) is 4.26. The van der Waals surface area contributed by atoms with Crippen molar-refractivity contribution in [2.75, 3.05) is 0 Å². The first-order chi connectivity index (χ1) is 6.25. The number of fused-ring (bicyclic) bond motifs is 1. The Morgan fingerprint density at radius 3 is 2.69 bits per heavy atom. The summed E-state index contributed by atoms with van der Waals surface area (Å²) in [5.41, 5.74) is 1.35. The Labute approximate surface area is 82.5 Å². The number of hydrogen-bond acceptors (Lipinski definition) is 1. The van der Waals surface area contributed by atoms with Crippen molar-refractivity contribution >= 4 is 27.5 Å². The van der Waals surface area contributed by atoms with Gasteiger partial charge in [0.25, 0.3) is 0 Å². The van der Waals surface area contributed by atoms with Crippen LogP contribution in [0.4, 0.5) is 0 Å². The van der Waals surface area contributed by atoms with Crippen LogP contribution in [0.3, 0.4) is 0 Å². The van der Waals surface area contributed by atoms with Gasteiger partial charge in [0.1, 0.15) is 0 Å². The monoisotopic (exact) mass is 188 g/mol. The normalized spacial score (nSPS) is 10.3. The van der Waals surface area contributed by atoms with E-state index in [9.17, 15) is 0 Å². The van der Waals surface area contributed by atoms with Gasteiger partial charge in [-0.05, 0) is 37.4 Å². The highest BCUT2D eigenvalue weighted by atomic mass is 32.1. The van der Waals surface area contributed by atoms with E-state index in [0.29, 0.717) is 0 Å². The summed E-state index contributed by atoms with van der Waals surface area (Å²) in [6.07, 6.45) is 2.23. The topological polar surface area (TPSA) is 0 Å². The van der Waals surface area contributed by atoms with Crippen LogP contribution < -0.4 is 0 Å². The van der Waals surface area contributed by atoms with Crippen LogP contribution in [-0.4, -0.2) is 0 Å². The zero-order valence-corrected chi connectivity index (χ0v) is 8.69. The van der Waals surface area contributed by atoms with E-state index in [2.05, 4.69) is 50.3 Å². The average molecular weight is 188 g/mol. The van der Waals surface area contributed by atoms with E-state index >= 15 is 0 Å². The molecule has 0 spiro atoms. The molecule has 0 fully saturated rings. The second-order valence-corrected chi connectivity index (χ2v) is 4.52. The van der Waals surface area contributed by atoms with Crippen LogP contribution in [0.15, 0.2) is 35.9 Å². The minimum Gasteiger partial charge on any atom is -0.136 e. The molecule has 0 saturated heterocycles. The van der Waals surface area contributed by atoms with Gasteiger partial charge in [-0.15, -0.1) is 11.3 Å². The van der Waals surface area contributed by atoms with Crippen molar-refractivity contribution < 1.29 is 0 Å². The van der Waals surface area contributed by atoms with Gasteiger partial charge >= 0.3 is 0 Å². The molecule has 0 amide bonds. The minimum atomic E-state index is 1.35. The summed E-state index contributed by atoms with van der Waals surface area (Å²) < 4.78 is 1.37. The highest BCUT2D eigenvalue weighted by Crippen LogP contribution is 2.26. The summed E-state index contributed by atoms with van der Waals surface area (Å²) in [5, 5.41) is 1.35. The maximum Gasteiger partial charge on any atom is 0.0349 e. The van der Waals surface area contributed by atoms with Gasteiger partial charge in [-0.3, -0.25) is 0 Å². The first kappa shape index (κ1) is 8.52. The Balaban J connectivity index is 2.56. The third-order valence-electron chi connectivity index (χ3n) is 1.88. The Morgan fingerprint density at radius 2 is 2.00 bits per heavy atom. The van der Waals surface area contributed by atoms with E-state index in [0.717, 1.165) is 0 Å². The van der Waals surface area contributed by atoms with Crippen molar-refractivity contribution in [3.63, 3.8) is 0 Å². The van der Waals surface area contributed by atoms with Crippen LogP contribution >= 0.6 is 11.3 Å². The molecule has 66 valence electrons. The van der Waals surface area contributed by atoms with Crippen molar-refractivity contribution in [2.24, 2.45) is 0 Å². The molecule has 0 radical (unpaired) electrons. The molecule has 1 heteroatoms. The predicted octanol–water partition coefficient (Wildman–Crippen LogP) is 4.32. The number of rotatable bonds is 1. The third-order valence-corrected chi connectivity index (χ3v) is 2.94. The molecule has 2 rings (SSSR count). The van der Waals surface area contributed by atoms with E-state index in [-0.39, 0.29) is 0 Å². The van der Waals surface area contributed by atoms with Crippen molar-refractivity contribution in [3.05, 3.63) is 40.8 Å². The van der Waals surface area contributed by atoms with E-state index in [4.69, 9.17) is 0 Å². The lowest BCUT2D eigenvalue weighted by molar-refractivity contribution is 1.43. The van der Waals surface area contributed by atoms with Gasteiger partial charge in [0.15, 0.2) is 0 Å². The van der Waals surface area contributed by atoms with Crippen molar-refractivity contribution in [1.82, 2.24) is 0 Å². The van der Waals surface area contributed by atoms with Crippen molar-refractivity contribution in [3.8, 4) is 0 Å². The summed E-state index contributed by atoms with van der Waals surface area (Å²) in [7, 11) is 0. The molecule has 0 aliphatic carbocycles. The molecular weight excluding hydrogens is 176 g/mol. The van der Waals surface area contributed by atoms with Crippen molar-refractivity contribution in [1.29, 1.82) is 0 Å². The molecule has 1 heterocycles. The summed E-state index contributed by atoms with van der Waals surface area (Å²) in [6, 6.07) is 10.7. The second-order valence-electron chi connectivity index (χ2n) is 3.41. The molecular formula is C12H12S. The van der Waals surface area contributed by atoms with Crippen LogP contribution in [0, 0.1) is 0 Å². The van der Waals surface area contributed by atoms with E-state index in [1.165, 1.54) is 20.5 Å². The van der Waals surface area contributed by atoms with Crippen LogP contribution in [0.5, 0.6) is 0 Å². The predicted molar refractivity (Wildman–Crippen MR) is 61.2 cm³/mol. The zero-order valence-electron chi connectivity index (χ0n) is 7.87. The molecule has 2 aromatic rings. The van der Waals surface area contributed by atoms with Crippen LogP contribution in [0.25, 0.3) is 16.2 Å². The quantitative estimate of drug-likeness (QED) is 0.625. The molecule has 0 nitrogen and oxygen atoms in total. The average Bonchev–Trinajstić information content (AvgIpc) is 2.44. The van der Waals surface area contributed by atoms with Gasteiger partial charge in [-0.25, -0.2) is 0 Å². The summed E-state index contributed by atoms with van der Waals surface area (Å²) in [4.78, 5) is 1.35. The van der Waals surface area contributed by atoms with E-state index in [1.54, 1.807) is 0 Å². The van der Waals surface area contributed by atoms with Crippen LogP contribution in [-0.2, 0) is 0 Å². The van der Waals surface area contributed by atoms with Gasteiger partial charge in [0, 0.05) is 9.58 Å². The Bertz CT molecular complexity index is 412. The third kappa shape index (κ3) is 1.81. The molecule has 0 N–H and O–H groups in total. The lowest BCUT2D eigenvalue weighted by Crippen LogP contribution is -1.61. The summed E-state index contributed by atoms with van der Waals surface area (Å²) >= 11 is 1.85. The Hall–Kier alpha value is -1.08. The van der Waals surface area contributed by atoms with Crippen molar-refractivity contribution in [2.45, 2.75) is 13.8 Å². The van der Waals surface area contributed by atoms with Crippen LogP contribution in [0.2, 0.25) is 0 Å². The molecule has 1 aromatic heterocycles. The smallest absolute Gasteiger partial charge is 0.0349 e. The molecule has 0 saturated carbocycles. The molecule has 0 atom stereocenters. The van der Waals surface area contributed by atoms with Gasteiger partial charge in [-0.1, -0.05) is 23.8 Å². The molecule has 0 bridgehead atoms. The van der Waals surface area contributed by atoms with Gasteiger partial charge < -0.3 is 0 Å². The van der Waals surface area contributed by atoms with Gasteiger partial charge in [-0.2, -0.15) is 0 Å². The number of benzene rings is 1. The minimum absolute atomic E-state index is 1.35. The molecule has 13 heavy (non-hydrogen) atoms.